The van der Waals surface area contributed by atoms with Crippen molar-refractivity contribution in [2.45, 2.75) is 19.8 Å². The van der Waals surface area contributed by atoms with E-state index in [4.69, 9.17) is 11.6 Å². The number of nitro benzene ring substituents is 1. The molecule has 114 valence electrons. The first-order valence-electron chi connectivity index (χ1n) is 6.88. The molecule has 2 N–H and O–H groups in total. The zero-order chi connectivity index (χ0) is 15.6. The summed E-state index contributed by atoms with van der Waals surface area (Å²) in [5.74, 6) is 0.779. The summed E-state index contributed by atoms with van der Waals surface area (Å²) in [5.41, 5.74) is 0.212. The first-order chi connectivity index (χ1) is 9.93. The van der Waals surface area contributed by atoms with Crippen LogP contribution in [0.4, 0.5) is 11.4 Å². The third kappa shape index (κ3) is 3.64. The van der Waals surface area contributed by atoms with Crippen molar-refractivity contribution in [1.29, 1.82) is 0 Å². The highest BCUT2D eigenvalue weighted by atomic mass is 35.5. The number of nitrogens with zero attached hydrogens (tertiary/aromatic N) is 1. The number of nitro groups is 1. The molecule has 1 aliphatic rings. The largest absolute Gasteiger partial charge is 0.381 e. The Morgan fingerprint density at radius 2 is 2.19 bits per heavy atom. The van der Waals surface area contributed by atoms with Gasteiger partial charge in [0.05, 0.1) is 9.95 Å². The molecule has 1 aliphatic carbocycles. The second kappa shape index (κ2) is 6.30. The zero-order valence-electron chi connectivity index (χ0n) is 12.0. The lowest BCUT2D eigenvalue weighted by molar-refractivity contribution is -0.383. The number of anilines is 1. The number of halogens is 1. The summed E-state index contributed by atoms with van der Waals surface area (Å²) in [4.78, 5) is 22.6. The van der Waals surface area contributed by atoms with Crippen LogP contribution < -0.4 is 10.6 Å². The Hall–Kier alpha value is -1.82. The molecular formula is C14H18ClN3O3. The van der Waals surface area contributed by atoms with Gasteiger partial charge in [0.2, 0.25) is 0 Å². The molecule has 6 nitrogen and oxygen atoms in total. The molecule has 1 fully saturated rings. The molecule has 0 aromatic heterocycles. The summed E-state index contributed by atoms with van der Waals surface area (Å²) in [5, 5.41) is 16.7. The highest BCUT2D eigenvalue weighted by molar-refractivity contribution is 6.34. The van der Waals surface area contributed by atoms with Crippen LogP contribution in [0.3, 0.4) is 0 Å². The van der Waals surface area contributed by atoms with Gasteiger partial charge in [0.15, 0.2) is 0 Å². The number of amides is 1. The molecule has 0 radical (unpaired) electrons. The topological polar surface area (TPSA) is 84.3 Å². The maximum absolute atomic E-state index is 12.1. The van der Waals surface area contributed by atoms with Crippen LogP contribution in [-0.4, -0.2) is 24.4 Å². The van der Waals surface area contributed by atoms with Crippen molar-refractivity contribution >= 4 is 28.9 Å². The molecule has 2 rings (SSSR count). The highest BCUT2D eigenvalue weighted by Gasteiger charge is 2.28. The average Bonchev–Trinajstić information content (AvgIpc) is 3.27. The van der Waals surface area contributed by atoms with E-state index in [1.165, 1.54) is 25.0 Å². The van der Waals surface area contributed by atoms with E-state index in [2.05, 4.69) is 17.6 Å². The number of carbonyl (C=O) groups is 1. The second-order valence-electron chi connectivity index (χ2n) is 5.38. The summed E-state index contributed by atoms with van der Waals surface area (Å²) >= 11 is 6.00. The molecule has 1 atom stereocenters. The lowest BCUT2D eigenvalue weighted by Crippen LogP contribution is -2.29. The van der Waals surface area contributed by atoms with Crippen LogP contribution in [0.2, 0.25) is 5.02 Å². The van der Waals surface area contributed by atoms with Crippen LogP contribution >= 0.6 is 11.6 Å². The van der Waals surface area contributed by atoms with E-state index in [-0.39, 0.29) is 27.9 Å². The molecular weight excluding hydrogens is 294 g/mol. The smallest absolute Gasteiger partial charge is 0.294 e. The molecule has 21 heavy (non-hydrogen) atoms. The van der Waals surface area contributed by atoms with Crippen molar-refractivity contribution in [2.75, 3.05) is 18.9 Å². The third-order valence-electron chi connectivity index (χ3n) is 3.79. The van der Waals surface area contributed by atoms with E-state index < -0.39 is 4.92 Å². The Morgan fingerprint density at radius 1 is 1.52 bits per heavy atom. The van der Waals surface area contributed by atoms with Gasteiger partial charge in [-0.2, -0.15) is 0 Å². The average molecular weight is 312 g/mol. The quantitative estimate of drug-likeness (QED) is 0.624. The maximum Gasteiger partial charge on any atom is 0.294 e. The Morgan fingerprint density at radius 3 is 2.71 bits per heavy atom. The van der Waals surface area contributed by atoms with Crippen LogP contribution in [0.25, 0.3) is 0 Å². The van der Waals surface area contributed by atoms with E-state index in [1.807, 2.05) is 0 Å². The minimum Gasteiger partial charge on any atom is -0.381 e. The van der Waals surface area contributed by atoms with Crippen molar-refractivity contribution in [2.24, 2.45) is 11.8 Å². The van der Waals surface area contributed by atoms with Gasteiger partial charge >= 0.3 is 0 Å². The molecule has 1 saturated carbocycles. The number of carbonyl (C=O) groups excluding carboxylic acids is 1. The predicted octanol–water partition coefficient (Wildman–Crippen LogP) is 3.07. The minimum absolute atomic E-state index is 0.159. The highest BCUT2D eigenvalue weighted by Crippen LogP contribution is 2.36. The number of hydrogen-bond donors (Lipinski definition) is 2. The lowest BCUT2D eigenvalue weighted by atomic mass is 10.1. The molecule has 0 bridgehead atoms. The van der Waals surface area contributed by atoms with Crippen molar-refractivity contribution in [3.05, 3.63) is 32.8 Å². The molecule has 1 aromatic carbocycles. The van der Waals surface area contributed by atoms with Gasteiger partial charge < -0.3 is 10.6 Å². The van der Waals surface area contributed by atoms with Gasteiger partial charge in [0.25, 0.3) is 11.6 Å². The van der Waals surface area contributed by atoms with Crippen LogP contribution in [0.5, 0.6) is 0 Å². The van der Waals surface area contributed by atoms with Crippen molar-refractivity contribution in [1.82, 2.24) is 5.32 Å². The Balaban J connectivity index is 2.14. The Bertz CT molecular complexity index is 573. The van der Waals surface area contributed by atoms with E-state index in [1.54, 1.807) is 7.05 Å². The van der Waals surface area contributed by atoms with Gasteiger partial charge in [0.1, 0.15) is 5.69 Å². The lowest BCUT2D eigenvalue weighted by Gasteiger charge is -2.12. The Labute approximate surface area is 128 Å². The van der Waals surface area contributed by atoms with Crippen LogP contribution in [-0.2, 0) is 0 Å². The predicted molar refractivity (Wildman–Crippen MR) is 81.9 cm³/mol. The third-order valence-corrected chi connectivity index (χ3v) is 4.09. The fourth-order valence-electron chi connectivity index (χ4n) is 2.30. The van der Waals surface area contributed by atoms with Gasteiger partial charge in [-0.1, -0.05) is 18.5 Å². The minimum atomic E-state index is -0.554. The number of nitrogens with one attached hydrogen (secondary N) is 2. The molecule has 1 amide bonds. The van der Waals surface area contributed by atoms with Crippen LogP contribution in [0.1, 0.15) is 30.1 Å². The van der Waals surface area contributed by atoms with E-state index >= 15 is 0 Å². The van der Waals surface area contributed by atoms with Gasteiger partial charge in [0, 0.05) is 25.2 Å². The zero-order valence-corrected chi connectivity index (χ0v) is 12.7. The first-order valence-corrected chi connectivity index (χ1v) is 7.25. The molecule has 0 spiro atoms. The summed E-state index contributed by atoms with van der Waals surface area (Å²) in [6, 6.07) is 2.69. The summed E-state index contributed by atoms with van der Waals surface area (Å²) in [6.07, 6.45) is 2.43. The fraction of sp³-hybridized carbons (Fsp3) is 0.500. The Kier molecular flexibility index (Phi) is 4.67. The molecule has 7 heteroatoms. The van der Waals surface area contributed by atoms with Gasteiger partial charge in [-0.25, -0.2) is 0 Å². The number of hydrogen-bond acceptors (Lipinski definition) is 4. The second-order valence-corrected chi connectivity index (χ2v) is 5.79. The monoisotopic (exact) mass is 311 g/mol. The first kappa shape index (κ1) is 15.6. The SMILES string of the molecule is CNc1c(Cl)cc(C(=O)NCC(C)C2CC2)cc1[N+](=O)[O-]. The van der Waals surface area contributed by atoms with E-state index in [9.17, 15) is 14.9 Å². The molecule has 0 heterocycles. The van der Waals surface area contributed by atoms with Crippen LogP contribution in [0.15, 0.2) is 12.1 Å². The summed E-state index contributed by atoms with van der Waals surface area (Å²) in [6.45, 7) is 2.67. The molecule has 1 unspecified atom stereocenters. The van der Waals surface area contributed by atoms with Gasteiger partial charge in [-0.05, 0) is 30.7 Å². The standard InChI is InChI=1S/C14H18ClN3O3/c1-8(9-3-4-9)7-17-14(19)10-5-11(15)13(16-2)12(6-10)18(20)21/h5-6,8-9,16H,3-4,7H2,1-2H3,(H,17,19). The van der Waals surface area contributed by atoms with Crippen molar-refractivity contribution in [3.8, 4) is 0 Å². The normalized spacial score (nSPS) is 15.4. The molecule has 1 aromatic rings. The molecule has 0 aliphatic heterocycles. The summed E-state index contributed by atoms with van der Waals surface area (Å²) in [7, 11) is 1.55. The van der Waals surface area contributed by atoms with E-state index in [0.29, 0.717) is 18.4 Å². The van der Waals surface area contributed by atoms with Crippen molar-refractivity contribution in [3.63, 3.8) is 0 Å². The number of rotatable bonds is 6. The maximum atomic E-state index is 12.1. The molecule has 0 saturated heterocycles. The fourth-order valence-corrected chi connectivity index (χ4v) is 2.61. The van der Waals surface area contributed by atoms with E-state index in [0.717, 1.165) is 0 Å². The van der Waals surface area contributed by atoms with Gasteiger partial charge in [-0.15, -0.1) is 0 Å². The van der Waals surface area contributed by atoms with Crippen molar-refractivity contribution < 1.29 is 9.72 Å². The summed E-state index contributed by atoms with van der Waals surface area (Å²) < 4.78 is 0. The number of benzene rings is 1. The van der Waals surface area contributed by atoms with Gasteiger partial charge in [-0.3, -0.25) is 14.9 Å². The van der Waals surface area contributed by atoms with Crippen LogP contribution in [0, 0.1) is 22.0 Å².